The van der Waals surface area contributed by atoms with Gasteiger partial charge in [0, 0.05) is 6.20 Å². The number of fused-ring (bicyclic) bond motifs is 1. The lowest BCUT2D eigenvalue weighted by atomic mass is 10.1. The molecule has 0 aliphatic carbocycles. The number of pyridine rings is 1. The predicted octanol–water partition coefficient (Wildman–Crippen LogP) is 2.90. The third-order valence-corrected chi connectivity index (χ3v) is 4.11. The van der Waals surface area contributed by atoms with Gasteiger partial charge in [-0.05, 0) is 34.5 Å². The van der Waals surface area contributed by atoms with Gasteiger partial charge in [0.25, 0.3) is 0 Å². The van der Waals surface area contributed by atoms with Gasteiger partial charge in [0.1, 0.15) is 5.82 Å². The van der Waals surface area contributed by atoms with Crippen LogP contribution >= 0.6 is 0 Å². The van der Waals surface area contributed by atoms with Gasteiger partial charge in [0.05, 0.1) is 20.1 Å². The van der Waals surface area contributed by atoms with Crippen LogP contribution in [0.1, 0.15) is 12.0 Å². The number of carbonyl (C=O) groups is 3. The van der Waals surface area contributed by atoms with E-state index in [1.54, 1.807) is 24.4 Å². The molecule has 3 aromatic rings. The van der Waals surface area contributed by atoms with Crippen molar-refractivity contribution < 1.29 is 19.1 Å². The fourth-order valence-corrected chi connectivity index (χ4v) is 2.75. The van der Waals surface area contributed by atoms with E-state index in [9.17, 15) is 14.4 Å². The van der Waals surface area contributed by atoms with Gasteiger partial charge in [0.2, 0.25) is 11.7 Å². The first-order valence-electron chi connectivity index (χ1n) is 8.38. The van der Waals surface area contributed by atoms with Crippen LogP contribution in [-0.4, -0.2) is 29.8 Å². The Hall–Kier alpha value is -3.54. The summed E-state index contributed by atoms with van der Waals surface area (Å²) in [6.07, 6.45) is 0.995. The first-order chi connectivity index (χ1) is 13.1. The van der Waals surface area contributed by atoms with Crippen LogP contribution in [0.3, 0.4) is 0 Å². The quantitative estimate of drug-likeness (QED) is 0.383. The molecule has 2 aromatic carbocycles. The minimum atomic E-state index is -1.03. The number of aromatic nitrogens is 1. The van der Waals surface area contributed by atoms with Gasteiger partial charge in [-0.15, -0.1) is 0 Å². The van der Waals surface area contributed by atoms with Gasteiger partial charge in [-0.25, -0.2) is 9.78 Å². The average Bonchev–Trinajstić information content (AvgIpc) is 2.71. The molecule has 3 rings (SSSR count). The van der Waals surface area contributed by atoms with Crippen LogP contribution in [0, 0.1) is 0 Å². The summed E-state index contributed by atoms with van der Waals surface area (Å²) in [5, 5.41) is 2.15. The van der Waals surface area contributed by atoms with Gasteiger partial charge in [0.15, 0.2) is 0 Å². The van der Waals surface area contributed by atoms with E-state index in [4.69, 9.17) is 0 Å². The van der Waals surface area contributed by atoms with Gasteiger partial charge < -0.3 is 4.74 Å². The van der Waals surface area contributed by atoms with Crippen molar-refractivity contribution in [1.82, 2.24) is 4.98 Å². The van der Waals surface area contributed by atoms with Gasteiger partial charge >= 0.3 is 5.97 Å². The molecule has 1 aromatic heterocycles. The minimum Gasteiger partial charge on any atom is -0.463 e. The van der Waals surface area contributed by atoms with E-state index in [1.165, 1.54) is 4.90 Å². The number of Topliss-reactive ketones (excluding diaryl/α,β-unsaturated/α-hetero) is 1. The number of nitrogens with zero attached hydrogens (tertiary/aromatic N) is 2. The second-order valence-corrected chi connectivity index (χ2v) is 5.94. The first-order valence-corrected chi connectivity index (χ1v) is 8.38. The lowest BCUT2D eigenvalue weighted by molar-refractivity contribution is -0.152. The Morgan fingerprint density at radius 3 is 2.41 bits per heavy atom. The van der Waals surface area contributed by atoms with E-state index in [0.717, 1.165) is 23.4 Å². The molecule has 0 spiro atoms. The Bertz CT molecular complexity index is 986. The molecule has 0 unspecified atom stereocenters. The zero-order chi connectivity index (χ0) is 19.2. The van der Waals surface area contributed by atoms with Crippen LogP contribution in [0.25, 0.3) is 10.8 Å². The molecule has 6 heteroatoms. The zero-order valence-corrected chi connectivity index (χ0v) is 14.8. The van der Waals surface area contributed by atoms with Crippen molar-refractivity contribution in [3.8, 4) is 0 Å². The summed E-state index contributed by atoms with van der Waals surface area (Å²) in [5.41, 5.74) is 0.887. The number of ketones is 1. The predicted molar refractivity (Wildman–Crippen MR) is 101 cm³/mol. The second kappa shape index (κ2) is 8.23. The minimum absolute atomic E-state index is 0.231. The normalized spacial score (nSPS) is 10.4. The monoisotopic (exact) mass is 362 g/mol. The fraction of sp³-hybridized carbons (Fsp3) is 0.143. The Morgan fingerprint density at radius 2 is 1.70 bits per heavy atom. The summed E-state index contributed by atoms with van der Waals surface area (Å²) in [6, 6.07) is 19.0. The molecule has 0 aliphatic heterocycles. The number of hydrogen-bond acceptors (Lipinski definition) is 5. The first kappa shape index (κ1) is 18.3. The molecule has 0 aliphatic rings. The maximum atomic E-state index is 12.7. The molecule has 0 saturated heterocycles. The SMILES string of the molecule is COC(=O)C(=O)CC(=O)N(Cc1ccc2ccccc2c1)c1ccccn1. The zero-order valence-electron chi connectivity index (χ0n) is 14.8. The van der Waals surface area contributed by atoms with Crippen molar-refractivity contribution in [1.29, 1.82) is 0 Å². The standard InChI is InChI=1S/C21H18N2O4/c1-27-21(26)18(24)13-20(25)23(19-8-4-5-11-22-19)14-15-9-10-16-6-2-3-7-17(16)12-15/h2-12H,13-14H2,1H3. The number of carbonyl (C=O) groups excluding carboxylic acids is 3. The van der Waals surface area contributed by atoms with Crippen LogP contribution in [0.2, 0.25) is 0 Å². The maximum absolute atomic E-state index is 12.7. The highest BCUT2D eigenvalue weighted by molar-refractivity contribution is 6.37. The van der Waals surface area contributed by atoms with Crippen molar-refractivity contribution in [2.45, 2.75) is 13.0 Å². The number of rotatable bonds is 6. The number of methoxy groups -OCH3 is 1. The van der Waals surface area contributed by atoms with E-state index in [2.05, 4.69) is 9.72 Å². The summed E-state index contributed by atoms with van der Waals surface area (Å²) in [7, 11) is 1.11. The molecule has 0 fully saturated rings. The Morgan fingerprint density at radius 1 is 0.963 bits per heavy atom. The summed E-state index contributed by atoms with van der Waals surface area (Å²) < 4.78 is 4.39. The fourth-order valence-electron chi connectivity index (χ4n) is 2.75. The molecule has 0 saturated carbocycles. The molecule has 0 atom stereocenters. The van der Waals surface area contributed by atoms with E-state index in [0.29, 0.717) is 5.82 Å². The maximum Gasteiger partial charge on any atom is 0.374 e. The lowest BCUT2D eigenvalue weighted by Crippen LogP contribution is -2.34. The number of esters is 1. The van der Waals surface area contributed by atoms with Crippen molar-refractivity contribution in [2.24, 2.45) is 0 Å². The van der Waals surface area contributed by atoms with Crippen LogP contribution in [-0.2, 0) is 25.7 Å². The van der Waals surface area contributed by atoms with E-state index in [1.807, 2.05) is 42.5 Å². The highest BCUT2D eigenvalue weighted by Gasteiger charge is 2.24. The Labute approximate surface area is 156 Å². The van der Waals surface area contributed by atoms with Crippen molar-refractivity contribution in [3.05, 3.63) is 72.4 Å². The van der Waals surface area contributed by atoms with E-state index in [-0.39, 0.29) is 6.54 Å². The third kappa shape index (κ3) is 4.36. The topological polar surface area (TPSA) is 76.6 Å². The number of anilines is 1. The molecule has 1 amide bonds. The molecule has 0 bridgehead atoms. The summed E-state index contributed by atoms with van der Waals surface area (Å²) in [4.78, 5) is 41.5. The van der Waals surface area contributed by atoms with E-state index < -0.39 is 24.1 Å². The molecule has 0 radical (unpaired) electrons. The van der Waals surface area contributed by atoms with E-state index >= 15 is 0 Å². The lowest BCUT2D eigenvalue weighted by Gasteiger charge is -2.21. The third-order valence-electron chi connectivity index (χ3n) is 4.11. The molecular formula is C21H18N2O4. The largest absolute Gasteiger partial charge is 0.463 e. The Kier molecular flexibility index (Phi) is 5.56. The summed E-state index contributed by atoms with van der Waals surface area (Å²) in [6.45, 7) is 0.231. The molecule has 1 heterocycles. The van der Waals surface area contributed by atoms with Gasteiger partial charge in [-0.1, -0.05) is 42.5 Å². The summed E-state index contributed by atoms with van der Waals surface area (Å²) in [5.74, 6) is -2.03. The van der Waals surface area contributed by atoms with Crippen LogP contribution in [0.4, 0.5) is 5.82 Å². The van der Waals surface area contributed by atoms with Crippen LogP contribution in [0.5, 0.6) is 0 Å². The van der Waals surface area contributed by atoms with Crippen LogP contribution < -0.4 is 4.90 Å². The number of benzene rings is 2. The molecule has 27 heavy (non-hydrogen) atoms. The highest BCUT2D eigenvalue weighted by Crippen LogP contribution is 2.20. The van der Waals surface area contributed by atoms with Crippen molar-refractivity contribution in [3.63, 3.8) is 0 Å². The second-order valence-electron chi connectivity index (χ2n) is 5.94. The van der Waals surface area contributed by atoms with Crippen molar-refractivity contribution in [2.75, 3.05) is 12.0 Å². The number of hydrogen-bond donors (Lipinski definition) is 0. The van der Waals surface area contributed by atoms with Crippen molar-refractivity contribution >= 4 is 34.3 Å². The number of ether oxygens (including phenoxy) is 1. The number of amides is 1. The Balaban J connectivity index is 1.88. The highest BCUT2D eigenvalue weighted by atomic mass is 16.5. The smallest absolute Gasteiger partial charge is 0.374 e. The molecular weight excluding hydrogens is 344 g/mol. The molecule has 0 N–H and O–H groups in total. The molecule has 6 nitrogen and oxygen atoms in total. The average molecular weight is 362 g/mol. The van der Waals surface area contributed by atoms with Gasteiger partial charge in [-0.2, -0.15) is 0 Å². The molecule has 136 valence electrons. The summed E-state index contributed by atoms with van der Waals surface area (Å²) >= 11 is 0. The van der Waals surface area contributed by atoms with Crippen LogP contribution in [0.15, 0.2) is 66.9 Å². The van der Waals surface area contributed by atoms with Gasteiger partial charge in [-0.3, -0.25) is 14.5 Å².